The van der Waals surface area contributed by atoms with Crippen molar-refractivity contribution in [3.05, 3.63) is 54.1 Å². The predicted molar refractivity (Wildman–Crippen MR) is 122 cm³/mol. The van der Waals surface area contributed by atoms with E-state index in [4.69, 9.17) is 0 Å². The zero-order chi connectivity index (χ0) is 20.9. The number of aromatic amines is 1. The second-order valence-corrected chi connectivity index (χ2v) is 7.96. The molecule has 0 fully saturated rings. The van der Waals surface area contributed by atoms with Crippen LogP contribution in [0.4, 0.5) is 5.69 Å². The minimum absolute atomic E-state index is 0.0411. The maximum Gasteiger partial charge on any atom is 0.230 e. The average Bonchev–Trinajstić information content (AvgIpc) is 3.13. The number of likely N-dealkylation sites (N-methyl/N-ethyl adjacent to an activating group) is 1. The fourth-order valence-corrected chi connectivity index (χ4v) is 3.99. The molecule has 0 radical (unpaired) electrons. The molecule has 7 nitrogen and oxygen atoms in total. The first-order valence-electron chi connectivity index (χ1n) is 9.96. The van der Waals surface area contributed by atoms with E-state index in [2.05, 4.69) is 68.5 Å². The van der Waals surface area contributed by atoms with E-state index < -0.39 is 0 Å². The van der Waals surface area contributed by atoms with E-state index in [1.807, 2.05) is 24.3 Å². The second-order valence-electron chi connectivity index (χ2n) is 7.02. The van der Waals surface area contributed by atoms with E-state index in [1.54, 1.807) is 0 Å². The number of hydrogen-bond donors (Lipinski definition) is 2. The van der Waals surface area contributed by atoms with Crippen molar-refractivity contribution in [1.29, 1.82) is 0 Å². The number of H-pyrrole nitrogens is 1. The summed E-state index contributed by atoms with van der Waals surface area (Å²) >= 11 is 1.29. The maximum absolute atomic E-state index is 12.2. The van der Waals surface area contributed by atoms with Gasteiger partial charge >= 0.3 is 0 Å². The number of nitrogens with one attached hydrogen (secondary N) is 2. The Balaban J connectivity index is 1.29. The first-order valence-corrected chi connectivity index (χ1v) is 10.9. The number of amides is 1. The van der Waals surface area contributed by atoms with Gasteiger partial charge in [0, 0.05) is 36.2 Å². The molecule has 0 bridgehead atoms. The van der Waals surface area contributed by atoms with Crippen LogP contribution in [-0.4, -0.2) is 51.5 Å². The number of aryl methyl sites for hydroxylation is 1. The highest BCUT2D eigenvalue weighted by Crippen LogP contribution is 2.23. The van der Waals surface area contributed by atoms with Crippen molar-refractivity contribution >= 4 is 45.4 Å². The summed E-state index contributed by atoms with van der Waals surface area (Å²) < 4.78 is 0. The van der Waals surface area contributed by atoms with Gasteiger partial charge in [-0.15, -0.1) is 10.2 Å². The number of fused-ring (bicyclic) bond motifs is 3. The molecule has 2 N–H and O–H groups in total. The van der Waals surface area contributed by atoms with Gasteiger partial charge in [-0.1, -0.05) is 42.1 Å². The quantitative estimate of drug-likeness (QED) is 0.424. The Hall–Kier alpha value is -3.13. The molecule has 2 heterocycles. The standard InChI is InChI=1S/C22H24N6OS/c1-3-28(16-8-6-7-15(2)13-16)12-11-23-19(29)14-30-22-25-21-20(26-27-22)17-9-4-5-10-18(17)24-21/h4-10,13H,3,11-12,14H2,1-2H3,(H,23,29)(H,24,25,27). The molecule has 4 aromatic rings. The van der Waals surface area contributed by atoms with Crippen molar-refractivity contribution in [3.63, 3.8) is 0 Å². The van der Waals surface area contributed by atoms with Crippen molar-refractivity contribution < 1.29 is 4.79 Å². The van der Waals surface area contributed by atoms with Gasteiger partial charge < -0.3 is 15.2 Å². The minimum Gasteiger partial charge on any atom is -0.370 e. The molecule has 0 unspecified atom stereocenters. The van der Waals surface area contributed by atoms with Gasteiger partial charge in [0.25, 0.3) is 0 Å². The van der Waals surface area contributed by atoms with Crippen LogP contribution >= 0.6 is 11.8 Å². The van der Waals surface area contributed by atoms with Gasteiger partial charge in [-0.05, 0) is 37.6 Å². The number of rotatable bonds is 8. The van der Waals surface area contributed by atoms with E-state index >= 15 is 0 Å². The molecule has 1 amide bonds. The number of benzene rings is 2. The first kappa shape index (κ1) is 20.2. The Morgan fingerprint density at radius 3 is 2.87 bits per heavy atom. The smallest absolute Gasteiger partial charge is 0.230 e. The number of para-hydroxylation sites is 1. The van der Waals surface area contributed by atoms with Crippen LogP contribution in [0.2, 0.25) is 0 Å². The van der Waals surface area contributed by atoms with Crippen molar-refractivity contribution in [2.24, 2.45) is 0 Å². The van der Waals surface area contributed by atoms with Crippen molar-refractivity contribution in [1.82, 2.24) is 25.5 Å². The van der Waals surface area contributed by atoms with Gasteiger partial charge in [-0.2, -0.15) is 0 Å². The SMILES string of the molecule is CCN(CCNC(=O)CSc1nnc2c(n1)[nH]c1ccccc12)c1cccc(C)c1. The monoisotopic (exact) mass is 420 g/mol. The summed E-state index contributed by atoms with van der Waals surface area (Å²) in [4.78, 5) is 22.2. The molecular formula is C22H24N6OS. The molecule has 4 rings (SSSR count). The predicted octanol–water partition coefficient (Wildman–Crippen LogP) is 3.55. The molecule has 0 atom stereocenters. The third-order valence-corrected chi connectivity index (χ3v) is 5.72. The molecule has 0 aliphatic rings. The third kappa shape index (κ3) is 4.54. The molecule has 30 heavy (non-hydrogen) atoms. The number of hydrogen-bond acceptors (Lipinski definition) is 6. The lowest BCUT2D eigenvalue weighted by Gasteiger charge is -2.23. The van der Waals surface area contributed by atoms with Crippen LogP contribution in [-0.2, 0) is 4.79 Å². The van der Waals surface area contributed by atoms with Gasteiger partial charge in [0.05, 0.1) is 5.75 Å². The lowest BCUT2D eigenvalue weighted by atomic mass is 10.2. The summed E-state index contributed by atoms with van der Waals surface area (Å²) in [7, 11) is 0. The molecule has 2 aromatic carbocycles. The summed E-state index contributed by atoms with van der Waals surface area (Å²) in [6.07, 6.45) is 0. The highest BCUT2D eigenvalue weighted by molar-refractivity contribution is 7.99. The molecule has 154 valence electrons. The highest BCUT2D eigenvalue weighted by atomic mass is 32.2. The fraction of sp³-hybridized carbons (Fsp3) is 0.273. The topological polar surface area (TPSA) is 86.8 Å². The third-order valence-electron chi connectivity index (χ3n) is 4.89. The van der Waals surface area contributed by atoms with Crippen LogP contribution in [0.25, 0.3) is 22.1 Å². The lowest BCUT2D eigenvalue weighted by Crippen LogP contribution is -2.35. The van der Waals surface area contributed by atoms with E-state index in [1.165, 1.54) is 23.0 Å². The number of carbonyl (C=O) groups excluding carboxylic acids is 1. The number of anilines is 1. The van der Waals surface area contributed by atoms with Gasteiger partial charge in [0.1, 0.15) is 5.52 Å². The fourth-order valence-electron chi connectivity index (χ4n) is 3.37. The van der Waals surface area contributed by atoms with E-state index in [0.717, 1.165) is 29.5 Å². The summed E-state index contributed by atoms with van der Waals surface area (Å²) in [6, 6.07) is 16.3. The molecule has 0 saturated carbocycles. The normalized spacial score (nSPS) is 11.1. The van der Waals surface area contributed by atoms with Gasteiger partial charge in [0.2, 0.25) is 11.1 Å². The van der Waals surface area contributed by atoms with Crippen molar-refractivity contribution in [2.45, 2.75) is 19.0 Å². The zero-order valence-corrected chi connectivity index (χ0v) is 17.9. The first-order chi connectivity index (χ1) is 14.6. The summed E-state index contributed by atoms with van der Waals surface area (Å²) in [5.74, 6) is 0.213. The number of nitrogens with zero attached hydrogens (tertiary/aromatic N) is 4. The number of thioether (sulfide) groups is 1. The lowest BCUT2D eigenvalue weighted by molar-refractivity contribution is -0.118. The molecule has 8 heteroatoms. The highest BCUT2D eigenvalue weighted by Gasteiger charge is 2.11. The van der Waals surface area contributed by atoms with Gasteiger partial charge in [0.15, 0.2) is 5.65 Å². The molecular weight excluding hydrogens is 396 g/mol. The summed E-state index contributed by atoms with van der Waals surface area (Å²) in [6.45, 7) is 6.43. The van der Waals surface area contributed by atoms with E-state index in [0.29, 0.717) is 17.3 Å². The minimum atomic E-state index is -0.0411. The van der Waals surface area contributed by atoms with E-state index in [9.17, 15) is 4.79 Å². The largest absolute Gasteiger partial charge is 0.370 e. The Bertz CT molecular complexity index is 1170. The van der Waals surface area contributed by atoms with Crippen LogP contribution < -0.4 is 10.2 Å². The van der Waals surface area contributed by atoms with Gasteiger partial charge in [-0.3, -0.25) is 4.79 Å². The Morgan fingerprint density at radius 1 is 1.17 bits per heavy atom. The Labute approximate surface area is 179 Å². The second kappa shape index (κ2) is 9.13. The van der Waals surface area contributed by atoms with Crippen LogP contribution in [0.5, 0.6) is 0 Å². The van der Waals surface area contributed by atoms with Crippen molar-refractivity contribution in [2.75, 3.05) is 30.3 Å². The Kier molecular flexibility index (Phi) is 6.13. The van der Waals surface area contributed by atoms with Gasteiger partial charge in [-0.25, -0.2) is 4.98 Å². The van der Waals surface area contributed by atoms with Crippen LogP contribution in [0.15, 0.2) is 53.7 Å². The maximum atomic E-state index is 12.2. The molecule has 0 spiro atoms. The Morgan fingerprint density at radius 2 is 2.03 bits per heavy atom. The summed E-state index contributed by atoms with van der Waals surface area (Å²) in [5, 5.41) is 12.9. The van der Waals surface area contributed by atoms with Crippen molar-refractivity contribution in [3.8, 4) is 0 Å². The van der Waals surface area contributed by atoms with Crippen LogP contribution in [0, 0.1) is 6.92 Å². The number of aromatic nitrogens is 4. The van der Waals surface area contributed by atoms with Crippen LogP contribution in [0.3, 0.4) is 0 Å². The zero-order valence-electron chi connectivity index (χ0n) is 17.1. The molecule has 0 aliphatic heterocycles. The summed E-state index contributed by atoms with van der Waals surface area (Å²) in [5.41, 5.74) is 4.81. The molecule has 0 aliphatic carbocycles. The van der Waals surface area contributed by atoms with Crippen LogP contribution in [0.1, 0.15) is 12.5 Å². The molecule has 0 saturated heterocycles. The average molecular weight is 421 g/mol. The van der Waals surface area contributed by atoms with E-state index in [-0.39, 0.29) is 11.7 Å². The molecule has 2 aromatic heterocycles. The number of carbonyl (C=O) groups is 1.